The number of carbonyl (C=O) groups is 1. The van der Waals surface area contributed by atoms with E-state index in [1.165, 1.54) is 29.8 Å². The average molecular weight is 421 g/mol. The van der Waals surface area contributed by atoms with Crippen molar-refractivity contribution < 1.29 is 9.18 Å². The number of aromatic nitrogens is 2. The predicted molar refractivity (Wildman–Crippen MR) is 120 cm³/mol. The van der Waals surface area contributed by atoms with Crippen molar-refractivity contribution in [2.24, 2.45) is 5.92 Å². The number of nitrogens with one attached hydrogen (secondary N) is 1. The maximum absolute atomic E-state index is 13.0. The number of benzene rings is 2. The zero-order chi connectivity index (χ0) is 21.8. The normalized spacial score (nSPS) is 16.9. The van der Waals surface area contributed by atoms with Gasteiger partial charge in [-0.1, -0.05) is 12.1 Å². The summed E-state index contributed by atoms with van der Waals surface area (Å²) in [6.07, 6.45) is 2.22. The van der Waals surface area contributed by atoms with Gasteiger partial charge in [-0.2, -0.15) is 5.10 Å². The molecule has 1 saturated heterocycles. The van der Waals surface area contributed by atoms with Gasteiger partial charge in [0.2, 0.25) is 0 Å². The van der Waals surface area contributed by atoms with Crippen LogP contribution in [0.4, 0.5) is 4.39 Å². The van der Waals surface area contributed by atoms with Crippen LogP contribution < -0.4 is 5.32 Å². The summed E-state index contributed by atoms with van der Waals surface area (Å²) in [5, 5.41) is 7.61. The van der Waals surface area contributed by atoms with Crippen molar-refractivity contribution in [3.05, 3.63) is 82.9 Å². The number of halogens is 1. The van der Waals surface area contributed by atoms with Gasteiger partial charge in [0, 0.05) is 30.9 Å². The molecule has 31 heavy (non-hydrogen) atoms. The van der Waals surface area contributed by atoms with Crippen LogP contribution in [0.2, 0.25) is 0 Å². The molecule has 2 aromatic carbocycles. The molecule has 1 N–H and O–H groups in total. The molecule has 4 rings (SSSR count). The summed E-state index contributed by atoms with van der Waals surface area (Å²) in [5.74, 6) is -0.0616. The van der Waals surface area contributed by atoms with E-state index in [2.05, 4.69) is 52.6 Å². The van der Waals surface area contributed by atoms with Crippen molar-refractivity contribution >= 4 is 5.91 Å². The highest BCUT2D eigenvalue weighted by atomic mass is 19.1. The zero-order valence-electron chi connectivity index (χ0n) is 18.1. The van der Waals surface area contributed by atoms with Gasteiger partial charge in [0.25, 0.3) is 5.91 Å². The van der Waals surface area contributed by atoms with Gasteiger partial charge < -0.3 is 5.32 Å². The summed E-state index contributed by atoms with van der Waals surface area (Å²) in [4.78, 5) is 14.8. The first-order valence-electron chi connectivity index (χ1n) is 10.9. The number of nitrogens with zero attached hydrogens (tertiary/aromatic N) is 3. The Bertz CT molecular complexity index is 1040. The Morgan fingerprint density at radius 1 is 1.16 bits per heavy atom. The van der Waals surface area contributed by atoms with Gasteiger partial charge in [-0.3, -0.25) is 9.69 Å². The van der Waals surface area contributed by atoms with Gasteiger partial charge in [-0.15, -0.1) is 0 Å². The molecule has 0 radical (unpaired) electrons. The van der Waals surface area contributed by atoms with Crippen molar-refractivity contribution in [1.82, 2.24) is 20.0 Å². The van der Waals surface area contributed by atoms with Crippen LogP contribution in [0.25, 0.3) is 5.69 Å². The van der Waals surface area contributed by atoms with Gasteiger partial charge in [0.05, 0.1) is 11.4 Å². The van der Waals surface area contributed by atoms with Crippen LogP contribution in [0.3, 0.4) is 0 Å². The van der Waals surface area contributed by atoms with Gasteiger partial charge in [-0.25, -0.2) is 9.07 Å². The molecule has 0 saturated carbocycles. The van der Waals surface area contributed by atoms with Crippen LogP contribution in [0, 0.1) is 25.6 Å². The highest BCUT2D eigenvalue weighted by Crippen LogP contribution is 2.20. The Morgan fingerprint density at radius 2 is 1.97 bits per heavy atom. The number of carbonyl (C=O) groups excluding carboxylic acids is 1. The minimum Gasteiger partial charge on any atom is -0.352 e. The number of amides is 1. The van der Waals surface area contributed by atoms with Gasteiger partial charge in [0.1, 0.15) is 5.82 Å². The number of hydrogen-bond donors (Lipinski definition) is 1. The molecule has 2 heterocycles. The lowest BCUT2D eigenvalue weighted by Crippen LogP contribution is -2.40. The zero-order valence-corrected chi connectivity index (χ0v) is 18.1. The van der Waals surface area contributed by atoms with E-state index in [0.717, 1.165) is 49.6 Å². The number of rotatable bonds is 6. The molecule has 6 heteroatoms. The number of hydrogen-bond acceptors (Lipinski definition) is 3. The summed E-state index contributed by atoms with van der Waals surface area (Å²) in [6.45, 7) is 7.62. The highest BCUT2D eigenvalue weighted by molar-refractivity contribution is 5.94. The molecule has 1 aromatic heterocycles. The van der Waals surface area contributed by atoms with Crippen LogP contribution in [0.15, 0.2) is 54.6 Å². The van der Waals surface area contributed by atoms with E-state index >= 15 is 0 Å². The molecule has 5 nitrogen and oxygen atoms in total. The third kappa shape index (κ3) is 5.39. The van der Waals surface area contributed by atoms with Crippen LogP contribution in [0.5, 0.6) is 0 Å². The topological polar surface area (TPSA) is 50.2 Å². The van der Waals surface area contributed by atoms with Crippen LogP contribution in [-0.2, 0) is 6.54 Å². The van der Waals surface area contributed by atoms with Gasteiger partial charge in [-0.05, 0) is 87.2 Å². The first-order valence-corrected chi connectivity index (χ1v) is 10.9. The first-order chi connectivity index (χ1) is 15.0. The molecule has 162 valence electrons. The second kappa shape index (κ2) is 9.43. The van der Waals surface area contributed by atoms with Crippen molar-refractivity contribution in [3.8, 4) is 5.69 Å². The molecule has 1 amide bonds. The number of piperidine rings is 1. The molecule has 1 unspecified atom stereocenters. The lowest BCUT2D eigenvalue weighted by Gasteiger charge is -2.33. The second-order valence-corrected chi connectivity index (χ2v) is 8.47. The standard InChI is InChI=1S/C25H29FN4O/c1-18-13-19(2)30(28-18)24-7-3-5-20(14-24)16-29-12-4-6-21(17-29)15-27-25(31)22-8-10-23(26)11-9-22/h3,5,7-11,13-14,21H,4,6,12,15-17H2,1-2H3,(H,27,31). The molecule has 0 aliphatic carbocycles. The molecule has 0 spiro atoms. The van der Waals surface area contributed by atoms with E-state index in [1.54, 1.807) is 0 Å². The molecule has 1 aliphatic heterocycles. The SMILES string of the molecule is Cc1cc(C)n(-c2cccc(CN3CCCC(CNC(=O)c4ccc(F)cc4)C3)c2)n1. The molecular weight excluding hydrogens is 391 g/mol. The molecule has 0 bridgehead atoms. The van der Waals surface area contributed by atoms with Crippen LogP contribution in [-0.4, -0.2) is 40.2 Å². The third-order valence-electron chi connectivity index (χ3n) is 5.83. The quantitative estimate of drug-likeness (QED) is 0.648. The number of aryl methyl sites for hydroxylation is 2. The van der Waals surface area contributed by atoms with E-state index < -0.39 is 0 Å². The second-order valence-electron chi connectivity index (χ2n) is 8.47. The monoisotopic (exact) mass is 420 g/mol. The Labute approximate surface area is 182 Å². The van der Waals surface area contributed by atoms with E-state index in [1.807, 2.05) is 11.6 Å². The summed E-state index contributed by atoms with van der Waals surface area (Å²) < 4.78 is 15.0. The fourth-order valence-electron chi connectivity index (χ4n) is 4.34. The lowest BCUT2D eigenvalue weighted by molar-refractivity contribution is 0.0930. The summed E-state index contributed by atoms with van der Waals surface area (Å²) in [7, 11) is 0. The minimum absolute atomic E-state index is 0.144. The Balaban J connectivity index is 1.34. The Kier molecular flexibility index (Phi) is 6.47. The Morgan fingerprint density at radius 3 is 2.71 bits per heavy atom. The van der Waals surface area contributed by atoms with Crippen LogP contribution >= 0.6 is 0 Å². The predicted octanol–water partition coefficient (Wildman–Crippen LogP) is 4.27. The molecular formula is C25H29FN4O. The fraction of sp³-hybridized carbons (Fsp3) is 0.360. The summed E-state index contributed by atoms with van der Waals surface area (Å²) in [6, 6.07) is 16.3. The smallest absolute Gasteiger partial charge is 0.251 e. The van der Waals surface area contributed by atoms with E-state index in [-0.39, 0.29) is 11.7 Å². The Hall–Kier alpha value is -2.99. The van der Waals surface area contributed by atoms with Crippen LogP contribution in [0.1, 0.15) is 40.2 Å². The third-order valence-corrected chi connectivity index (χ3v) is 5.83. The minimum atomic E-state index is -0.332. The summed E-state index contributed by atoms with van der Waals surface area (Å²) in [5.41, 5.74) is 4.99. The lowest BCUT2D eigenvalue weighted by atomic mass is 9.97. The van der Waals surface area contributed by atoms with E-state index in [4.69, 9.17) is 0 Å². The fourth-order valence-corrected chi connectivity index (χ4v) is 4.34. The maximum Gasteiger partial charge on any atom is 0.251 e. The number of likely N-dealkylation sites (tertiary alicyclic amines) is 1. The van der Waals surface area contributed by atoms with Gasteiger partial charge in [0.15, 0.2) is 0 Å². The molecule has 1 aliphatic rings. The van der Waals surface area contributed by atoms with Crippen molar-refractivity contribution in [2.45, 2.75) is 33.2 Å². The van der Waals surface area contributed by atoms with Gasteiger partial charge >= 0.3 is 0 Å². The molecule has 1 fully saturated rings. The maximum atomic E-state index is 13.0. The molecule has 3 aromatic rings. The van der Waals surface area contributed by atoms with Crippen molar-refractivity contribution in [3.63, 3.8) is 0 Å². The summed E-state index contributed by atoms with van der Waals surface area (Å²) >= 11 is 0. The van der Waals surface area contributed by atoms with Crippen molar-refractivity contribution in [1.29, 1.82) is 0 Å². The molecule has 1 atom stereocenters. The average Bonchev–Trinajstić information content (AvgIpc) is 3.11. The van der Waals surface area contributed by atoms with E-state index in [0.29, 0.717) is 18.0 Å². The van der Waals surface area contributed by atoms with E-state index in [9.17, 15) is 9.18 Å². The highest BCUT2D eigenvalue weighted by Gasteiger charge is 2.21. The largest absolute Gasteiger partial charge is 0.352 e. The first kappa shape index (κ1) is 21.2. The van der Waals surface area contributed by atoms with Crippen molar-refractivity contribution in [2.75, 3.05) is 19.6 Å².